The number of rotatable bonds is 6. The Morgan fingerprint density at radius 1 is 1.27 bits per heavy atom. The number of ether oxygens (including phenoxy) is 1. The molecule has 7 heteroatoms. The number of nitrogens with one attached hydrogen (secondary N) is 1. The Morgan fingerprint density at radius 3 is 2.50 bits per heavy atom. The molecule has 1 atom stereocenters. The Hall–Kier alpha value is -1.44. The van der Waals surface area contributed by atoms with Gasteiger partial charge in [-0.2, -0.15) is 0 Å². The molecular weight excluding hydrogens is 304 g/mol. The second-order valence-electron chi connectivity index (χ2n) is 5.20. The number of morpholine rings is 1. The van der Waals surface area contributed by atoms with Gasteiger partial charge in [-0.1, -0.05) is 30.3 Å². The van der Waals surface area contributed by atoms with Crippen molar-refractivity contribution in [1.82, 2.24) is 9.62 Å². The minimum atomic E-state index is -3.45. The standard InChI is InChI=1S/C15H22N2O4S/c1-2-22(19,20)16-14(12-13-6-4-3-5-7-13)15(18)17-8-10-21-11-9-17/h3-7,14,16H,2,8-12H2,1H3/t14-/m0/s1. The zero-order valence-electron chi connectivity index (χ0n) is 12.7. The molecule has 0 aliphatic carbocycles. The molecular formula is C15H22N2O4S. The second kappa shape index (κ2) is 7.71. The van der Waals surface area contributed by atoms with Crippen LogP contribution >= 0.6 is 0 Å². The van der Waals surface area contributed by atoms with Crippen molar-refractivity contribution in [2.75, 3.05) is 32.1 Å². The lowest BCUT2D eigenvalue weighted by Crippen LogP contribution is -2.52. The number of nitrogens with zero attached hydrogens (tertiary/aromatic N) is 1. The molecule has 1 N–H and O–H groups in total. The Balaban J connectivity index is 2.14. The van der Waals surface area contributed by atoms with E-state index in [2.05, 4.69) is 4.72 Å². The quantitative estimate of drug-likeness (QED) is 0.821. The first-order valence-corrected chi connectivity index (χ1v) is 9.07. The number of benzene rings is 1. The van der Waals surface area contributed by atoms with Crippen LogP contribution < -0.4 is 4.72 Å². The lowest BCUT2D eigenvalue weighted by molar-refractivity contribution is -0.137. The molecule has 1 saturated heterocycles. The van der Waals surface area contributed by atoms with Gasteiger partial charge in [0, 0.05) is 13.1 Å². The molecule has 1 fully saturated rings. The molecule has 0 radical (unpaired) electrons. The largest absolute Gasteiger partial charge is 0.378 e. The van der Waals surface area contributed by atoms with Crippen molar-refractivity contribution in [2.45, 2.75) is 19.4 Å². The molecule has 0 saturated carbocycles. The predicted molar refractivity (Wildman–Crippen MR) is 83.9 cm³/mol. The molecule has 1 aliphatic rings. The first-order valence-electron chi connectivity index (χ1n) is 7.42. The SMILES string of the molecule is CCS(=O)(=O)N[C@@H](Cc1ccccc1)C(=O)N1CCOCC1. The molecule has 22 heavy (non-hydrogen) atoms. The monoisotopic (exact) mass is 326 g/mol. The number of sulfonamides is 1. The van der Waals surface area contributed by atoms with Gasteiger partial charge in [-0.15, -0.1) is 0 Å². The van der Waals surface area contributed by atoms with Crippen LogP contribution in [0.4, 0.5) is 0 Å². The molecule has 1 aromatic carbocycles. The van der Waals surface area contributed by atoms with Crippen molar-refractivity contribution in [3.05, 3.63) is 35.9 Å². The zero-order chi connectivity index (χ0) is 16.0. The van der Waals surface area contributed by atoms with Crippen LogP contribution in [0.3, 0.4) is 0 Å². The van der Waals surface area contributed by atoms with Crippen molar-refractivity contribution in [3.8, 4) is 0 Å². The smallest absolute Gasteiger partial charge is 0.241 e. The van der Waals surface area contributed by atoms with Crippen molar-refractivity contribution in [2.24, 2.45) is 0 Å². The van der Waals surface area contributed by atoms with E-state index >= 15 is 0 Å². The third-order valence-corrected chi connectivity index (χ3v) is 5.01. The highest BCUT2D eigenvalue weighted by Crippen LogP contribution is 2.09. The molecule has 0 spiro atoms. The van der Waals surface area contributed by atoms with Gasteiger partial charge in [-0.3, -0.25) is 4.79 Å². The van der Waals surface area contributed by atoms with Gasteiger partial charge in [0.2, 0.25) is 15.9 Å². The summed E-state index contributed by atoms with van der Waals surface area (Å²) in [6.07, 6.45) is 0.344. The summed E-state index contributed by atoms with van der Waals surface area (Å²) in [4.78, 5) is 14.3. The van der Waals surface area contributed by atoms with Gasteiger partial charge in [-0.05, 0) is 18.9 Å². The Labute approximate surface area is 131 Å². The molecule has 122 valence electrons. The summed E-state index contributed by atoms with van der Waals surface area (Å²) in [6, 6.07) is 8.64. The fourth-order valence-corrected chi connectivity index (χ4v) is 3.12. The maximum absolute atomic E-state index is 12.6. The van der Waals surface area contributed by atoms with E-state index in [1.807, 2.05) is 30.3 Å². The topological polar surface area (TPSA) is 75.7 Å². The van der Waals surface area contributed by atoms with Crippen LogP contribution in [0.2, 0.25) is 0 Å². The van der Waals surface area contributed by atoms with Crippen LogP contribution in [0.15, 0.2) is 30.3 Å². The molecule has 1 aliphatic heterocycles. The van der Waals surface area contributed by atoms with Crippen LogP contribution in [0.25, 0.3) is 0 Å². The Morgan fingerprint density at radius 2 is 1.91 bits per heavy atom. The first kappa shape index (κ1) is 16.9. The summed E-state index contributed by atoms with van der Waals surface area (Å²) in [7, 11) is -3.45. The van der Waals surface area contributed by atoms with Crippen molar-refractivity contribution >= 4 is 15.9 Å². The summed E-state index contributed by atoms with van der Waals surface area (Å²) in [5, 5.41) is 0. The van der Waals surface area contributed by atoms with E-state index in [0.29, 0.717) is 32.7 Å². The van der Waals surface area contributed by atoms with Crippen molar-refractivity contribution in [3.63, 3.8) is 0 Å². The molecule has 6 nitrogen and oxygen atoms in total. The van der Waals surface area contributed by atoms with Gasteiger partial charge in [0.15, 0.2) is 0 Å². The van der Waals surface area contributed by atoms with Crippen LogP contribution in [0, 0.1) is 0 Å². The van der Waals surface area contributed by atoms with Crippen molar-refractivity contribution in [1.29, 1.82) is 0 Å². The maximum atomic E-state index is 12.6. The molecule has 0 unspecified atom stereocenters. The van der Waals surface area contributed by atoms with E-state index in [-0.39, 0.29) is 11.7 Å². The van der Waals surface area contributed by atoms with Gasteiger partial charge < -0.3 is 9.64 Å². The van der Waals surface area contributed by atoms with Gasteiger partial charge in [0.25, 0.3) is 0 Å². The molecule has 1 amide bonds. The minimum absolute atomic E-state index is 0.0469. The van der Waals surface area contributed by atoms with Crippen LogP contribution in [0.5, 0.6) is 0 Å². The predicted octanol–water partition coefficient (Wildman–Crippen LogP) is 0.396. The third kappa shape index (κ3) is 4.79. The number of carbonyl (C=O) groups excluding carboxylic acids is 1. The maximum Gasteiger partial charge on any atom is 0.241 e. The third-order valence-electron chi connectivity index (χ3n) is 3.61. The number of hydrogen-bond donors (Lipinski definition) is 1. The highest BCUT2D eigenvalue weighted by Gasteiger charge is 2.28. The average molecular weight is 326 g/mol. The molecule has 0 aromatic heterocycles. The summed E-state index contributed by atoms with van der Waals surface area (Å²) < 4.78 is 31.5. The van der Waals surface area contributed by atoms with Crippen LogP contribution in [-0.2, 0) is 26.0 Å². The van der Waals surface area contributed by atoms with E-state index in [1.165, 1.54) is 0 Å². The summed E-state index contributed by atoms with van der Waals surface area (Å²) in [6.45, 7) is 3.53. The van der Waals surface area contributed by atoms with Crippen LogP contribution in [-0.4, -0.2) is 57.3 Å². The lowest BCUT2D eigenvalue weighted by atomic mass is 10.1. The van der Waals surface area contributed by atoms with E-state index in [9.17, 15) is 13.2 Å². The number of carbonyl (C=O) groups is 1. The van der Waals surface area contributed by atoms with Gasteiger partial charge in [-0.25, -0.2) is 13.1 Å². The van der Waals surface area contributed by atoms with Crippen LogP contribution in [0.1, 0.15) is 12.5 Å². The zero-order valence-corrected chi connectivity index (χ0v) is 13.5. The van der Waals surface area contributed by atoms with Gasteiger partial charge in [0.1, 0.15) is 6.04 Å². The van der Waals surface area contributed by atoms with E-state index < -0.39 is 16.1 Å². The Bertz CT molecular complexity index is 583. The van der Waals surface area contributed by atoms with Crippen molar-refractivity contribution < 1.29 is 17.9 Å². The fourth-order valence-electron chi connectivity index (χ4n) is 2.33. The van der Waals surface area contributed by atoms with Gasteiger partial charge in [0.05, 0.1) is 19.0 Å². The number of amides is 1. The normalized spacial score (nSPS) is 17.2. The van der Waals surface area contributed by atoms with E-state index in [0.717, 1.165) is 5.56 Å². The molecule has 2 rings (SSSR count). The highest BCUT2D eigenvalue weighted by molar-refractivity contribution is 7.89. The second-order valence-corrected chi connectivity index (χ2v) is 7.24. The first-order chi connectivity index (χ1) is 10.5. The summed E-state index contributed by atoms with van der Waals surface area (Å²) in [5.41, 5.74) is 0.924. The number of hydrogen-bond acceptors (Lipinski definition) is 4. The van der Waals surface area contributed by atoms with E-state index in [4.69, 9.17) is 4.74 Å². The molecule has 1 aromatic rings. The lowest BCUT2D eigenvalue weighted by Gasteiger charge is -2.30. The molecule has 1 heterocycles. The highest BCUT2D eigenvalue weighted by atomic mass is 32.2. The fraction of sp³-hybridized carbons (Fsp3) is 0.533. The summed E-state index contributed by atoms with van der Waals surface area (Å²) in [5.74, 6) is -0.238. The average Bonchev–Trinajstić information content (AvgIpc) is 2.55. The summed E-state index contributed by atoms with van der Waals surface area (Å²) >= 11 is 0. The van der Waals surface area contributed by atoms with Gasteiger partial charge >= 0.3 is 0 Å². The minimum Gasteiger partial charge on any atom is -0.378 e. The molecule has 0 bridgehead atoms. The van der Waals surface area contributed by atoms with E-state index in [1.54, 1.807) is 11.8 Å². The Kier molecular flexibility index (Phi) is 5.93.